The van der Waals surface area contributed by atoms with Crippen LogP contribution in [-0.2, 0) is 18.7 Å². The van der Waals surface area contributed by atoms with E-state index in [0.29, 0.717) is 17.9 Å². The number of hydrogen-bond acceptors (Lipinski definition) is 5. The summed E-state index contributed by atoms with van der Waals surface area (Å²) in [5.41, 5.74) is 3.37. The molecule has 29 heavy (non-hydrogen) atoms. The summed E-state index contributed by atoms with van der Waals surface area (Å²) < 4.78 is 7.45. The number of thioether (sulfide) groups is 1. The Bertz CT molecular complexity index is 1210. The molecule has 0 spiro atoms. The van der Waals surface area contributed by atoms with Gasteiger partial charge in [0.15, 0.2) is 11.0 Å². The van der Waals surface area contributed by atoms with Crippen molar-refractivity contribution >= 4 is 22.7 Å². The van der Waals surface area contributed by atoms with Crippen molar-refractivity contribution in [3.8, 4) is 11.4 Å². The minimum atomic E-state index is -0.334. The Balaban J connectivity index is 1.67. The van der Waals surface area contributed by atoms with Gasteiger partial charge in [-0.25, -0.2) is 4.79 Å². The van der Waals surface area contributed by atoms with Gasteiger partial charge in [-0.15, -0.1) is 16.8 Å². The molecule has 0 atom stereocenters. The second-order valence-electron chi connectivity index (χ2n) is 6.63. The smallest absolute Gasteiger partial charge is 0.336 e. The van der Waals surface area contributed by atoms with Crippen molar-refractivity contribution in [2.75, 3.05) is 0 Å². The van der Waals surface area contributed by atoms with Crippen molar-refractivity contribution in [2.45, 2.75) is 30.8 Å². The van der Waals surface area contributed by atoms with E-state index < -0.39 is 0 Å². The second-order valence-corrected chi connectivity index (χ2v) is 7.58. The van der Waals surface area contributed by atoms with Gasteiger partial charge in [0.05, 0.1) is 0 Å². The molecule has 0 saturated heterocycles. The number of aryl methyl sites for hydroxylation is 1. The summed E-state index contributed by atoms with van der Waals surface area (Å²) in [6.07, 6.45) is 2.73. The highest BCUT2D eigenvalue weighted by Crippen LogP contribution is 2.29. The molecule has 0 radical (unpaired) electrons. The zero-order chi connectivity index (χ0) is 20.2. The normalized spacial score (nSPS) is 11.1. The van der Waals surface area contributed by atoms with Crippen LogP contribution in [0.25, 0.3) is 22.4 Å². The summed E-state index contributed by atoms with van der Waals surface area (Å²) in [4.78, 5) is 12.1. The van der Waals surface area contributed by atoms with Gasteiger partial charge in [-0.1, -0.05) is 67.2 Å². The van der Waals surface area contributed by atoms with Crippen LogP contribution in [0.5, 0.6) is 0 Å². The van der Waals surface area contributed by atoms with E-state index in [4.69, 9.17) is 4.42 Å². The van der Waals surface area contributed by atoms with Crippen LogP contribution in [0.15, 0.2) is 81.6 Å². The van der Waals surface area contributed by atoms with Gasteiger partial charge < -0.3 is 4.42 Å². The summed E-state index contributed by atoms with van der Waals surface area (Å²) in [5.74, 6) is 1.40. The maximum Gasteiger partial charge on any atom is 0.336 e. The minimum absolute atomic E-state index is 0.334. The number of fused-ring (bicyclic) bond motifs is 1. The fraction of sp³-hybridized carbons (Fsp3) is 0.174. The number of benzene rings is 2. The topological polar surface area (TPSA) is 60.9 Å². The molecule has 0 aliphatic carbocycles. The lowest BCUT2D eigenvalue weighted by atomic mass is 10.1. The number of allylic oxidation sites excluding steroid dienone is 1. The van der Waals surface area contributed by atoms with Crippen LogP contribution in [0, 0.1) is 0 Å². The molecular formula is C23H21N3O2S. The third-order valence-corrected chi connectivity index (χ3v) is 5.74. The van der Waals surface area contributed by atoms with Crippen LogP contribution in [-0.4, -0.2) is 14.8 Å². The molecule has 2 heterocycles. The fourth-order valence-electron chi connectivity index (χ4n) is 3.25. The third-order valence-electron chi connectivity index (χ3n) is 4.72. The van der Waals surface area contributed by atoms with E-state index in [0.717, 1.165) is 39.5 Å². The SMILES string of the molecule is C=CCn1c(SCc2cc(=O)oc3cc(CC)ccc23)nnc1-c1ccccc1. The van der Waals surface area contributed by atoms with Crippen molar-refractivity contribution in [2.24, 2.45) is 0 Å². The summed E-state index contributed by atoms with van der Waals surface area (Å²) in [6.45, 7) is 6.55. The summed E-state index contributed by atoms with van der Waals surface area (Å²) in [6, 6.07) is 17.6. The first-order chi connectivity index (χ1) is 14.2. The molecule has 2 aromatic carbocycles. The highest BCUT2D eigenvalue weighted by atomic mass is 32.2. The molecular weight excluding hydrogens is 382 g/mol. The summed E-state index contributed by atoms with van der Waals surface area (Å²) >= 11 is 1.55. The van der Waals surface area contributed by atoms with Crippen LogP contribution in [0.3, 0.4) is 0 Å². The van der Waals surface area contributed by atoms with E-state index >= 15 is 0 Å². The lowest BCUT2D eigenvalue weighted by Gasteiger charge is -2.09. The van der Waals surface area contributed by atoms with E-state index in [-0.39, 0.29) is 5.63 Å². The average Bonchev–Trinajstić information content (AvgIpc) is 3.15. The standard InChI is InChI=1S/C23H21N3O2S/c1-3-12-26-22(17-8-6-5-7-9-17)24-25-23(26)29-15-18-14-21(27)28-20-13-16(4-2)10-11-19(18)20/h3,5-11,13-14H,1,4,12,15H2,2H3. The molecule has 4 rings (SSSR count). The number of aromatic nitrogens is 3. The first kappa shape index (κ1) is 19.2. The van der Waals surface area contributed by atoms with Gasteiger partial charge in [0.2, 0.25) is 0 Å². The van der Waals surface area contributed by atoms with E-state index in [1.54, 1.807) is 17.8 Å². The number of hydrogen-bond donors (Lipinski definition) is 0. The van der Waals surface area contributed by atoms with Crippen LogP contribution in [0.1, 0.15) is 18.1 Å². The Morgan fingerprint density at radius 2 is 1.97 bits per heavy atom. The Hall–Kier alpha value is -3.12. The molecule has 0 saturated carbocycles. The van der Waals surface area contributed by atoms with Crippen LogP contribution >= 0.6 is 11.8 Å². The third kappa shape index (κ3) is 4.03. The van der Waals surface area contributed by atoms with Gasteiger partial charge in [0.1, 0.15) is 5.58 Å². The Kier molecular flexibility index (Phi) is 5.62. The molecule has 0 aliphatic heterocycles. The minimum Gasteiger partial charge on any atom is -0.423 e. The Labute approximate surface area is 173 Å². The Morgan fingerprint density at radius 1 is 1.14 bits per heavy atom. The zero-order valence-corrected chi connectivity index (χ0v) is 17.0. The molecule has 0 bridgehead atoms. The predicted molar refractivity (Wildman–Crippen MR) is 117 cm³/mol. The van der Waals surface area contributed by atoms with Crippen molar-refractivity contribution in [1.29, 1.82) is 0 Å². The van der Waals surface area contributed by atoms with Crippen LogP contribution in [0.4, 0.5) is 0 Å². The van der Waals surface area contributed by atoms with Gasteiger partial charge in [-0.2, -0.15) is 0 Å². The lowest BCUT2D eigenvalue weighted by molar-refractivity contribution is 0.559. The van der Waals surface area contributed by atoms with Crippen LogP contribution < -0.4 is 5.63 Å². The van der Waals surface area contributed by atoms with Crippen molar-refractivity contribution < 1.29 is 4.42 Å². The number of rotatable bonds is 7. The molecule has 6 heteroatoms. The maximum absolute atomic E-state index is 12.1. The molecule has 0 amide bonds. The molecule has 4 aromatic rings. The highest BCUT2D eigenvalue weighted by molar-refractivity contribution is 7.98. The first-order valence-corrected chi connectivity index (χ1v) is 10.5. The molecule has 0 aliphatic rings. The molecule has 0 fully saturated rings. The largest absolute Gasteiger partial charge is 0.423 e. The van der Waals surface area contributed by atoms with Crippen molar-refractivity contribution in [3.63, 3.8) is 0 Å². The molecule has 5 nitrogen and oxygen atoms in total. The molecule has 146 valence electrons. The number of nitrogens with zero attached hydrogens (tertiary/aromatic N) is 3. The van der Waals surface area contributed by atoms with E-state index in [1.165, 1.54) is 0 Å². The van der Waals surface area contributed by atoms with Gasteiger partial charge in [-0.3, -0.25) is 4.57 Å². The average molecular weight is 404 g/mol. The van der Waals surface area contributed by atoms with Crippen molar-refractivity contribution in [3.05, 3.63) is 88.8 Å². The molecule has 0 N–H and O–H groups in total. The van der Waals surface area contributed by atoms with Gasteiger partial charge in [0, 0.05) is 29.3 Å². The quantitative estimate of drug-likeness (QED) is 0.244. The van der Waals surface area contributed by atoms with Gasteiger partial charge >= 0.3 is 5.63 Å². The fourth-order valence-corrected chi connectivity index (χ4v) is 4.18. The molecule has 2 aromatic heterocycles. The summed E-state index contributed by atoms with van der Waals surface area (Å²) in [7, 11) is 0. The highest BCUT2D eigenvalue weighted by Gasteiger charge is 2.15. The maximum atomic E-state index is 12.1. The van der Waals surface area contributed by atoms with Gasteiger partial charge in [0.25, 0.3) is 0 Å². The van der Waals surface area contributed by atoms with E-state index in [1.807, 2.05) is 53.1 Å². The predicted octanol–water partition coefficient (Wildman–Crippen LogP) is 5.09. The second kappa shape index (κ2) is 8.49. The van der Waals surface area contributed by atoms with E-state index in [2.05, 4.69) is 29.8 Å². The zero-order valence-electron chi connectivity index (χ0n) is 16.2. The lowest BCUT2D eigenvalue weighted by Crippen LogP contribution is -2.02. The summed E-state index contributed by atoms with van der Waals surface area (Å²) in [5, 5.41) is 10.5. The van der Waals surface area contributed by atoms with Crippen LogP contribution in [0.2, 0.25) is 0 Å². The van der Waals surface area contributed by atoms with Gasteiger partial charge in [-0.05, 0) is 23.6 Å². The van der Waals surface area contributed by atoms with Crippen molar-refractivity contribution in [1.82, 2.24) is 14.8 Å². The first-order valence-electron chi connectivity index (χ1n) is 9.47. The molecule has 0 unspecified atom stereocenters. The van der Waals surface area contributed by atoms with E-state index in [9.17, 15) is 4.79 Å². The monoisotopic (exact) mass is 403 g/mol. The Morgan fingerprint density at radius 3 is 2.72 bits per heavy atom.